The van der Waals surface area contributed by atoms with Gasteiger partial charge in [0, 0.05) is 11.1 Å². The van der Waals surface area contributed by atoms with Gasteiger partial charge >= 0.3 is 0 Å². The molecule has 7 nitrogen and oxygen atoms in total. The molecule has 27 heavy (non-hydrogen) atoms. The van der Waals surface area contributed by atoms with Gasteiger partial charge in [0.1, 0.15) is 12.0 Å². The number of hydrogen-bond acceptors (Lipinski definition) is 8. The summed E-state index contributed by atoms with van der Waals surface area (Å²) in [6, 6.07) is 15.4. The Morgan fingerprint density at radius 2 is 1.81 bits per heavy atom. The number of rotatable bonds is 5. The molecule has 134 valence electrons. The Hall–Kier alpha value is -3.26. The first kappa shape index (κ1) is 16.0. The smallest absolute Gasteiger partial charge is 0.256 e. The van der Waals surface area contributed by atoms with Crippen LogP contribution in [0.4, 0.5) is 0 Å². The molecule has 0 spiro atoms. The van der Waals surface area contributed by atoms with E-state index in [9.17, 15) is 0 Å². The zero-order chi connectivity index (χ0) is 18.1. The minimum atomic E-state index is 0.230. The standard InChI is InChI=1S/C19H13N3O4S/c1-2-4-12(5-3-1)14-9-23-19(20-14)27-10-17-21-18(22-26-17)13-6-7-15-16(8-13)25-11-24-15/h1-9H,10-11H2. The predicted octanol–water partition coefficient (Wildman–Crippen LogP) is 4.41. The molecule has 0 unspecified atom stereocenters. The number of aromatic nitrogens is 3. The van der Waals surface area contributed by atoms with Crippen LogP contribution in [0.15, 0.2) is 69.0 Å². The van der Waals surface area contributed by atoms with E-state index in [2.05, 4.69) is 15.1 Å². The van der Waals surface area contributed by atoms with Gasteiger partial charge in [-0.05, 0) is 18.2 Å². The molecule has 0 atom stereocenters. The monoisotopic (exact) mass is 379 g/mol. The highest BCUT2D eigenvalue weighted by molar-refractivity contribution is 7.98. The zero-order valence-electron chi connectivity index (χ0n) is 14.0. The van der Waals surface area contributed by atoms with E-state index in [1.165, 1.54) is 11.8 Å². The van der Waals surface area contributed by atoms with Crippen molar-refractivity contribution >= 4 is 11.8 Å². The topological polar surface area (TPSA) is 83.4 Å². The summed E-state index contributed by atoms with van der Waals surface area (Å²) in [4.78, 5) is 8.90. The van der Waals surface area contributed by atoms with E-state index in [0.29, 0.717) is 28.4 Å². The first-order valence-corrected chi connectivity index (χ1v) is 9.20. The van der Waals surface area contributed by atoms with Crippen molar-refractivity contribution in [1.82, 2.24) is 15.1 Å². The summed E-state index contributed by atoms with van der Waals surface area (Å²) in [6.45, 7) is 0.230. The second-order valence-corrected chi connectivity index (χ2v) is 6.66. The van der Waals surface area contributed by atoms with E-state index >= 15 is 0 Å². The Morgan fingerprint density at radius 3 is 2.74 bits per heavy atom. The van der Waals surface area contributed by atoms with Crippen molar-refractivity contribution in [3.05, 3.63) is 60.7 Å². The third kappa shape index (κ3) is 3.26. The van der Waals surface area contributed by atoms with E-state index in [1.54, 1.807) is 6.26 Å². The van der Waals surface area contributed by atoms with Crippen LogP contribution in [-0.4, -0.2) is 21.9 Å². The Balaban J connectivity index is 1.27. The molecule has 0 saturated carbocycles. The summed E-state index contributed by atoms with van der Waals surface area (Å²) in [5.74, 6) is 2.86. The molecule has 0 saturated heterocycles. The molecule has 0 radical (unpaired) electrons. The highest BCUT2D eigenvalue weighted by Crippen LogP contribution is 2.35. The Bertz CT molecular complexity index is 1080. The lowest BCUT2D eigenvalue weighted by Crippen LogP contribution is -1.92. The van der Waals surface area contributed by atoms with Crippen LogP contribution in [0.25, 0.3) is 22.6 Å². The van der Waals surface area contributed by atoms with Crippen molar-refractivity contribution in [3.63, 3.8) is 0 Å². The second kappa shape index (κ2) is 6.81. The van der Waals surface area contributed by atoms with Crippen molar-refractivity contribution in [2.45, 2.75) is 11.0 Å². The SMILES string of the molecule is c1ccc(-c2coc(SCc3nc(-c4ccc5c(c4)OCO5)no3)n2)cc1. The molecule has 4 aromatic rings. The van der Waals surface area contributed by atoms with Crippen LogP contribution < -0.4 is 9.47 Å². The number of thioether (sulfide) groups is 1. The lowest BCUT2D eigenvalue weighted by Gasteiger charge is -1.97. The molecular formula is C19H13N3O4S. The van der Waals surface area contributed by atoms with E-state index in [0.717, 1.165) is 22.6 Å². The van der Waals surface area contributed by atoms with Crippen LogP contribution in [-0.2, 0) is 5.75 Å². The predicted molar refractivity (Wildman–Crippen MR) is 97.4 cm³/mol. The first-order valence-electron chi connectivity index (χ1n) is 8.21. The average molecular weight is 379 g/mol. The van der Waals surface area contributed by atoms with Gasteiger partial charge in [-0.25, -0.2) is 4.98 Å². The molecule has 0 aliphatic carbocycles. The number of ether oxygens (including phenoxy) is 2. The van der Waals surface area contributed by atoms with Crippen molar-refractivity contribution < 1.29 is 18.4 Å². The van der Waals surface area contributed by atoms with Crippen LogP contribution in [0.5, 0.6) is 11.5 Å². The molecule has 5 rings (SSSR count). The van der Waals surface area contributed by atoms with Gasteiger partial charge in [-0.1, -0.05) is 47.3 Å². The van der Waals surface area contributed by atoms with Gasteiger partial charge in [0.05, 0.1) is 5.75 Å². The van der Waals surface area contributed by atoms with Gasteiger partial charge in [-0.3, -0.25) is 0 Å². The van der Waals surface area contributed by atoms with Gasteiger partial charge < -0.3 is 18.4 Å². The highest BCUT2D eigenvalue weighted by atomic mass is 32.2. The molecule has 3 heterocycles. The largest absolute Gasteiger partial charge is 0.454 e. The lowest BCUT2D eigenvalue weighted by molar-refractivity contribution is 0.174. The fourth-order valence-electron chi connectivity index (χ4n) is 2.65. The van der Waals surface area contributed by atoms with Gasteiger partial charge in [-0.15, -0.1) is 0 Å². The molecule has 0 N–H and O–H groups in total. The Labute approximate surface area is 158 Å². The molecule has 2 aromatic carbocycles. The molecule has 1 aliphatic heterocycles. The third-order valence-electron chi connectivity index (χ3n) is 3.97. The van der Waals surface area contributed by atoms with Gasteiger partial charge in [-0.2, -0.15) is 4.98 Å². The van der Waals surface area contributed by atoms with Crippen molar-refractivity contribution in [2.24, 2.45) is 0 Å². The third-order valence-corrected chi connectivity index (χ3v) is 4.80. The summed E-state index contributed by atoms with van der Waals surface area (Å²) in [6.07, 6.45) is 1.64. The van der Waals surface area contributed by atoms with Gasteiger partial charge in [0.25, 0.3) is 5.22 Å². The minimum Gasteiger partial charge on any atom is -0.454 e. The summed E-state index contributed by atoms with van der Waals surface area (Å²) in [5.41, 5.74) is 2.61. The molecule has 0 bridgehead atoms. The van der Waals surface area contributed by atoms with Crippen LogP contribution >= 0.6 is 11.8 Å². The second-order valence-electron chi connectivity index (χ2n) is 5.73. The van der Waals surface area contributed by atoms with Crippen molar-refractivity contribution in [3.8, 4) is 34.1 Å². The molecule has 8 heteroatoms. The molecule has 0 amide bonds. The summed E-state index contributed by atoms with van der Waals surface area (Å²) in [7, 11) is 0. The maximum atomic E-state index is 5.51. The first-order chi connectivity index (χ1) is 13.3. The van der Waals surface area contributed by atoms with E-state index in [4.69, 9.17) is 18.4 Å². The summed E-state index contributed by atoms with van der Waals surface area (Å²) < 4.78 is 21.5. The summed E-state index contributed by atoms with van der Waals surface area (Å²) in [5, 5.41) is 4.58. The maximum absolute atomic E-state index is 5.51. The average Bonchev–Trinajstić information content (AvgIpc) is 3.46. The lowest BCUT2D eigenvalue weighted by atomic mass is 10.2. The fraction of sp³-hybridized carbons (Fsp3) is 0.105. The van der Waals surface area contributed by atoms with E-state index in [-0.39, 0.29) is 6.79 Å². The van der Waals surface area contributed by atoms with Crippen LogP contribution in [0, 0.1) is 0 Å². The summed E-state index contributed by atoms with van der Waals surface area (Å²) >= 11 is 1.40. The normalized spacial score (nSPS) is 12.4. The molecule has 0 fully saturated rings. The van der Waals surface area contributed by atoms with Crippen LogP contribution in [0.3, 0.4) is 0 Å². The number of oxazole rings is 1. The number of hydrogen-bond donors (Lipinski definition) is 0. The fourth-order valence-corrected chi connectivity index (χ4v) is 3.30. The number of nitrogens with zero attached hydrogens (tertiary/aromatic N) is 3. The Kier molecular flexibility index (Phi) is 4.02. The zero-order valence-corrected chi connectivity index (χ0v) is 14.8. The van der Waals surface area contributed by atoms with Crippen molar-refractivity contribution in [2.75, 3.05) is 6.79 Å². The van der Waals surface area contributed by atoms with Crippen LogP contribution in [0.1, 0.15) is 5.89 Å². The van der Waals surface area contributed by atoms with E-state index in [1.807, 2.05) is 48.5 Å². The van der Waals surface area contributed by atoms with Crippen LogP contribution in [0.2, 0.25) is 0 Å². The quantitative estimate of drug-likeness (QED) is 0.472. The number of fused-ring (bicyclic) bond motifs is 1. The molecule has 1 aliphatic rings. The highest BCUT2D eigenvalue weighted by Gasteiger charge is 2.17. The van der Waals surface area contributed by atoms with Gasteiger partial charge in [0.2, 0.25) is 18.5 Å². The van der Waals surface area contributed by atoms with Crippen molar-refractivity contribution in [1.29, 1.82) is 0 Å². The molecule has 2 aromatic heterocycles. The minimum absolute atomic E-state index is 0.230. The van der Waals surface area contributed by atoms with Gasteiger partial charge in [0.15, 0.2) is 11.5 Å². The molecular weight excluding hydrogens is 366 g/mol. The Morgan fingerprint density at radius 1 is 0.926 bits per heavy atom. The number of benzene rings is 2. The van der Waals surface area contributed by atoms with E-state index < -0.39 is 0 Å². The maximum Gasteiger partial charge on any atom is 0.256 e.